The van der Waals surface area contributed by atoms with Crippen LogP contribution in [0.2, 0.25) is 0 Å². The molecule has 0 aliphatic carbocycles. The number of methoxy groups -OCH3 is 1. The summed E-state index contributed by atoms with van der Waals surface area (Å²) in [4.78, 5) is 20.2. The smallest absolute Gasteiger partial charge is 0.287 e. The average molecular weight is 286 g/mol. The van der Waals surface area contributed by atoms with Gasteiger partial charge in [-0.1, -0.05) is 0 Å². The molecule has 2 heterocycles. The van der Waals surface area contributed by atoms with Crippen molar-refractivity contribution in [2.24, 2.45) is 7.05 Å². The first kappa shape index (κ1) is 13.2. The zero-order valence-corrected chi connectivity index (χ0v) is 11.7. The predicted molar refractivity (Wildman–Crippen MR) is 74.9 cm³/mol. The molecule has 0 spiro atoms. The lowest BCUT2D eigenvalue weighted by Gasteiger charge is -2.01. The molecule has 1 N–H and O–H groups in total. The fraction of sp³-hybridized carbons (Fsp3) is 0.214. The van der Waals surface area contributed by atoms with E-state index in [0.29, 0.717) is 28.6 Å². The number of nitrogens with one attached hydrogen (secondary N) is 1. The van der Waals surface area contributed by atoms with E-state index in [1.807, 2.05) is 0 Å². The number of amides is 1. The maximum absolute atomic E-state index is 11.9. The first-order valence-corrected chi connectivity index (χ1v) is 6.36. The number of aromatic nitrogens is 3. The van der Waals surface area contributed by atoms with Crippen molar-refractivity contribution < 1.29 is 13.9 Å². The van der Waals surface area contributed by atoms with Crippen molar-refractivity contribution in [1.29, 1.82) is 0 Å². The van der Waals surface area contributed by atoms with E-state index in [1.54, 1.807) is 49.3 Å². The van der Waals surface area contributed by atoms with E-state index in [4.69, 9.17) is 9.15 Å². The highest BCUT2D eigenvalue weighted by Crippen LogP contribution is 2.21. The van der Waals surface area contributed by atoms with Gasteiger partial charge in [-0.3, -0.25) is 4.79 Å². The number of nitrogens with zero attached hydrogens (tertiary/aromatic N) is 3. The van der Waals surface area contributed by atoms with Crippen molar-refractivity contribution in [3.63, 3.8) is 0 Å². The van der Waals surface area contributed by atoms with Crippen molar-refractivity contribution >= 4 is 17.0 Å². The van der Waals surface area contributed by atoms with Gasteiger partial charge in [-0.2, -0.15) is 0 Å². The summed E-state index contributed by atoms with van der Waals surface area (Å²) in [5.74, 6) is 1.20. The molecule has 0 atom stereocenters. The number of oxazole rings is 1. The summed E-state index contributed by atoms with van der Waals surface area (Å²) in [6.45, 7) is 0.197. The van der Waals surface area contributed by atoms with E-state index in [2.05, 4.69) is 15.3 Å². The third kappa shape index (κ3) is 2.58. The number of fused-ring (bicyclic) bond motifs is 1. The largest absolute Gasteiger partial charge is 0.497 e. The molecule has 108 valence electrons. The number of carbonyl (C=O) groups is 1. The monoisotopic (exact) mass is 286 g/mol. The quantitative estimate of drug-likeness (QED) is 0.786. The summed E-state index contributed by atoms with van der Waals surface area (Å²) in [5, 5.41) is 2.72. The maximum atomic E-state index is 11.9. The molecule has 3 rings (SSSR count). The van der Waals surface area contributed by atoms with Crippen molar-refractivity contribution in [3.05, 3.63) is 42.3 Å². The Morgan fingerprint density at radius 1 is 1.48 bits per heavy atom. The number of imidazole rings is 1. The van der Waals surface area contributed by atoms with Gasteiger partial charge in [0.15, 0.2) is 11.4 Å². The Balaban J connectivity index is 1.73. The molecule has 0 aliphatic rings. The fourth-order valence-electron chi connectivity index (χ4n) is 1.98. The molecule has 0 saturated heterocycles. The first-order chi connectivity index (χ1) is 10.2. The Kier molecular flexibility index (Phi) is 3.31. The van der Waals surface area contributed by atoms with E-state index in [0.717, 1.165) is 0 Å². The Bertz CT molecular complexity index is 790. The number of rotatable bonds is 4. The van der Waals surface area contributed by atoms with Gasteiger partial charge in [-0.15, -0.1) is 0 Å². The van der Waals surface area contributed by atoms with Crippen LogP contribution in [0.4, 0.5) is 0 Å². The topological polar surface area (TPSA) is 82.2 Å². The van der Waals surface area contributed by atoms with Crippen LogP contribution in [0.5, 0.6) is 5.75 Å². The number of carbonyl (C=O) groups excluding carboxylic acids is 1. The number of benzene rings is 1. The Morgan fingerprint density at radius 3 is 3.05 bits per heavy atom. The summed E-state index contributed by atoms with van der Waals surface area (Å²) in [6.07, 6.45) is 3.28. The number of aryl methyl sites for hydroxylation is 1. The number of hydrogen-bond acceptors (Lipinski definition) is 5. The molecular formula is C14H14N4O3. The summed E-state index contributed by atoms with van der Waals surface area (Å²) >= 11 is 0. The molecule has 0 aliphatic heterocycles. The van der Waals surface area contributed by atoms with Crippen molar-refractivity contribution in [1.82, 2.24) is 19.9 Å². The van der Waals surface area contributed by atoms with Crippen LogP contribution in [-0.2, 0) is 13.6 Å². The number of hydrogen-bond donors (Lipinski definition) is 1. The Labute approximate surface area is 120 Å². The average Bonchev–Trinajstić information content (AvgIpc) is 3.09. The third-order valence-electron chi connectivity index (χ3n) is 3.06. The Morgan fingerprint density at radius 2 is 2.33 bits per heavy atom. The summed E-state index contributed by atoms with van der Waals surface area (Å²) < 4.78 is 12.3. The molecule has 3 aromatic rings. The lowest BCUT2D eigenvalue weighted by molar-refractivity contribution is 0.0934. The highest BCUT2D eigenvalue weighted by molar-refractivity contribution is 5.90. The van der Waals surface area contributed by atoms with E-state index in [9.17, 15) is 4.79 Å². The van der Waals surface area contributed by atoms with Crippen LogP contribution in [0.3, 0.4) is 0 Å². The molecule has 0 fully saturated rings. The van der Waals surface area contributed by atoms with Gasteiger partial charge in [-0.05, 0) is 12.1 Å². The summed E-state index contributed by atoms with van der Waals surface area (Å²) in [6, 6.07) is 5.36. The first-order valence-electron chi connectivity index (χ1n) is 6.36. The Hall–Kier alpha value is -2.83. The highest BCUT2D eigenvalue weighted by atomic mass is 16.5. The standard InChI is InChI=1S/C14H14N4O3/c1-18-6-5-15-13(18)14(19)16-8-12-17-10-7-9(20-2)3-4-11(10)21-12/h3-7H,8H2,1-2H3,(H,16,19). The second-order valence-electron chi connectivity index (χ2n) is 4.49. The van der Waals surface area contributed by atoms with Gasteiger partial charge in [0.25, 0.3) is 5.91 Å². The highest BCUT2D eigenvalue weighted by Gasteiger charge is 2.12. The number of ether oxygens (including phenoxy) is 1. The van der Waals surface area contributed by atoms with Gasteiger partial charge in [-0.25, -0.2) is 9.97 Å². The van der Waals surface area contributed by atoms with E-state index in [-0.39, 0.29) is 12.5 Å². The lowest BCUT2D eigenvalue weighted by atomic mass is 10.3. The molecule has 7 nitrogen and oxygen atoms in total. The van der Waals surface area contributed by atoms with Gasteiger partial charge in [0.05, 0.1) is 13.7 Å². The van der Waals surface area contributed by atoms with Crippen LogP contribution in [0.25, 0.3) is 11.1 Å². The van der Waals surface area contributed by atoms with E-state index in [1.165, 1.54) is 0 Å². The summed E-state index contributed by atoms with van der Waals surface area (Å²) in [7, 11) is 3.35. The second kappa shape index (κ2) is 5.28. The van der Waals surface area contributed by atoms with Crippen molar-refractivity contribution in [2.45, 2.75) is 6.54 Å². The fourth-order valence-corrected chi connectivity index (χ4v) is 1.98. The van der Waals surface area contributed by atoms with Gasteiger partial charge >= 0.3 is 0 Å². The molecule has 2 aromatic heterocycles. The molecule has 0 bridgehead atoms. The van der Waals surface area contributed by atoms with Gasteiger partial charge < -0.3 is 19.0 Å². The van der Waals surface area contributed by atoms with Gasteiger partial charge in [0, 0.05) is 25.5 Å². The van der Waals surface area contributed by atoms with Crippen LogP contribution in [0, 0.1) is 0 Å². The van der Waals surface area contributed by atoms with Crippen LogP contribution in [0.15, 0.2) is 35.0 Å². The van der Waals surface area contributed by atoms with E-state index >= 15 is 0 Å². The van der Waals surface area contributed by atoms with Crippen LogP contribution in [-0.4, -0.2) is 27.6 Å². The molecule has 21 heavy (non-hydrogen) atoms. The predicted octanol–water partition coefficient (Wildman–Crippen LogP) is 1.50. The lowest BCUT2D eigenvalue weighted by Crippen LogP contribution is -2.25. The summed E-state index contributed by atoms with van der Waals surface area (Å²) in [5.41, 5.74) is 1.34. The minimum Gasteiger partial charge on any atom is -0.497 e. The maximum Gasteiger partial charge on any atom is 0.287 e. The second-order valence-corrected chi connectivity index (χ2v) is 4.49. The van der Waals surface area contributed by atoms with Crippen molar-refractivity contribution in [2.75, 3.05) is 7.11 Å². The zero-order chi connectivity index (χ0) is 14.8. The van der Waals surface area contributed by atoms with Gasteiger partial charge in [0.2, 0.25) is 5.89 Å². The molecular weight excluding hydrogens is 272 g/mol. The molecule has 7 heteroatoms. The van der Waals surface area contributed by atoms with Crippen LogP contribution >= 0.6 is 0 Å². The zero-order valence-electron chi connectivity index (χ0n) is 11.7. The molecule has 0 unspecified atom stereocenters. The van der Waals surface area contributed by atoms with Crippen molar-refractivity contribution in [3.8, 4) is 5.75 Å². The van der Waals surface area contributed by atoms with E-state index < -0.39 is 0 Å². The molecule has 1 aromatic carbocycles. The van der Waals surface area contributed by atoms with Crippen LogP contribution < -0.4 is 10.1 Å². The normalized spacial score (nSPS) is 10.8. The third-order valence-corrected chi connectivity index (χ3v) is 3.06. The molecule has 0 saturated carbocycles. The van der Waals surface area contributed by atoms with Gasteiger partial charge in [0.1, 0.15) is 11.3 Å². The minimum atomic E-state index is -0.276. The van der Waals surface area contributed by atoms with Crippen LogP contribution in [0.1, 0.15) is 16.5 Å². The SMILES string of the molecule is COc1ccc2oc(CNC(=O)c3nccn3C)nc2c1. The minimum absolute atomic E-state index is 0.197. The molecule has 1 amide bonds. The molecule has 0 radical (unpaired) electrons.